The number of benzene rings is 2. The highest BCUT2D eigenvalue weighted by Crippen LogP contribution is 2.30. The number of halogens is 1. The van der Waals surface area contributed by atoms with Crippen molar-refractivity contribution < 1.29 is 14.0 Å². The van der Waals surface area contributed by atoms with E-state index in [2.05, 4.69) is 16.9 Å². The summed E-state index contributed by atoms with van der Waals surface area (Å²) in [7, 11) is 0. The number of amides is 2. The Balaban J connectivity index is 1.38. The van der Waals surface area contributed by atoms with Crippen molar-refractivity contribution >= 4 is 17.5 Å². The van der Waals surface area contributed by atoms with Crippen molar-refractivity contribution in [2.24, 2.45) is 0 Å². The molecule has 0 radical (unpaired) electrons. The molecule has 0 aliphatic carbocycles. The van der Waals surface area contributed by atoms with Crippen LogP contribution in [-0.2, 0) is 11.3 Å². The van der Waals surface area contributed by atoms with Crippen molar-refractivity contribution in [1.29, 1.82) is 0 Å². The number of carbonyl (C=O) groups is 2. The molecule has 0 atom stereocenters. The van der Waals surface area contributed by atoms with E-state index < -0.39 is 5.82 Å². The quantitative estimate of drug-likeness (QED) is 0.745. The number of rotatable bonds is 5. The molecule has 7 heteroatoms. The van der Waals surface area contributed by atoms with Crippen LogP contribution < -0.4 is 5.32 Å². The lowest BCUT2D eigenvalue weighted by Crippen LogP contribution is -2.36. The molecule has 3 aromatic rings. The summed E-state index contributed by atoms with van der Waals surface area (Å²) in [4.78, 5) is 30.0. The Labute approximate surface area is 160 Å². The first kappa shape index (κ1) is 17.7. The van der Waals surface area contributed by atoms with Crippen LogP contribution >= 0.6 is 0 Å². The average molecular weight is 376 g/mol. The van der Waals surface area contributed by atoms with Crippen LogP contribution in [-0.4, -0.2) is 32.8 Å². The van der Waals surface area contributed by atoms with E-state index in [0.29, 0.717) is 22.5 Å². The van der Waals surface area contributed by atoms with Crippen molar-refractivity contribution in [2.75, 3.05) is 6.54 Å². The summed E-state index contributed by atoms with van der Waals surface area (Å²) in [5.41, 5.74) is 2.77. The first-order valence-corrected chi connectivity index (χ1v) is 8.68. The second kappa shape index (κ2) is 7.11. The molecule has 4 rings (SSSR count). The normalized spacial score (nSPS) is 13.0. The summed E-state index contributed by atoms with van der Waals surface area (Å²) in [6, 6.07) is 11.8. The first-order valence-electron chi connectivity index (χ1n) is 8.68. The third kappa shape index (κ3) is 3.18. The molecule has 0 bridgehead atoms. The van der Waals surface area contributed by atoms with E-state index >= 15 is 0 Å². The zero-order chi connectivity index (χ0) is 19.7. The molecule has 1 aromatic heterocycles. The van der Waals surface area contributed by atoms with Gasteiger partial charge in [-0.15, -0.1) is 0 Å². The van der Waals surface area contributed by atoms with Gasteiger partial charge in [-0.3, -0.25) is 14.5 Å². The highest BCUT2D eigenvalue weighted by Gasteiger charge is 2.31. The molecule has 2 aromatic carbocycles. The van der Waals surface area contributed by atoms with Crippen molar-refractivity contribution in [3.8, 4) is 5.69 Å². The number of hydrogen-bond acceptors (Lipinski definition) is 3. The van der Waals surface area contributed by atoms with Crippen LogP contribution in [0.2, 0.25) is 0 Å². The molecular formula is C21H17FN4O2. The van der Waals surface area contributed by atoms with E-state index in [0.717, 1.165) is 5.56 Å². The third-order valence-electron chi connectivity index (χ3n) is 4.63. The van der Waals surface area contributed by atoms with Crippen molar-refractivity contribution in [3.63, 3.8) is 0 Å². The molecule has 6 nitrogen and oxygen atoms in total. The number of imidazole rings is 1. The minimum Gasteiger partial charge on any atom is -0.350 e. The number of fused-ring (bicyclic) bond motifs is 1. The molecule has 0 spiro atoms. The van der Waals surface area contributed by atoms with Gasteiger partial charge in [0.1, 0.15) is 12.4 Å². The molecule has 0 unspecified atom stereocenters. The van der Waals surface area contributed by atoms with E-state index in [1.165, 1.54) is 17.3 Å². The summed E-state index contributed by atoms with van der Waals surface area (Å²) in [5, 5.41) is 2.72. The third-order valence-corrected chi connectivity index (χ3v) is 4.63. The molecule has 0 fully saturated rings. The smallest absolute Gasteiger partial charge is 0.259 e. The van der Waals surface area contributed by atoms with Crippen LogP contribution in [0.1, 0.15) is 21.5 Å². The molecule has 0 saturated carbocycles. The molecule has 140 valence electrons. The van der Waals surface area contributed by atoms with E-state index in [-0.39, 0.29) is 24.9 Å². The molecule has 0 saturated heterocycles. The van der Waals surface area contributed by atoms with Crippen LogP contribution in [0.4, 0.5) is 4.39 Å². The van der Waals surface area contributed by atoms with Crippen molar-refractivity contribution in [1.82, 2.24) is 19.8 Å². The second-order valence-corrected chi connectivity index (χ2v) is 6.42. The van der Waals surface area contributed by atoms with Gasteiger partial charge in [-0.1, -0.05) is 30.8 Å². The molecular weight excluding hydrogens is 359 g/mol. The second-order valence-electron chi connectivity index (χ2n) is 6.42. The fraction of sp³-hybridized carbons (Fsp3) is 0.0952. The Morgan fingerprint density at radius 2 is 1.96 bits per heavy atom. The van der Waals surface area contributed by atoms with Crippen LogP contribution in [0, 0.1) is 5.82 Å². The molecule has 1 aliphatic heterocycles. The van der Waals surface area contributed by atoms with Crippen LogP contribution in [0.3, 0.4) is 0 Å². The summed E-state index contributed by atoms with van der Waals surface area (Å²) in [5.74, 6) is -1.00. The highest BCUT2D eigenvalue weighted by atomic mass is 19.1. The van der Waals surface area contributed by atoms with Gasteiger partial charge in [-0.25, -0.2) is 9.37 Å². The van der Waals surface area contributed by atoms with Gasteiger partial charge in [-0.05, 0) is 23.8 Å². The highest BCUT2D eigenvalue weighted by molar-refractivity contribution is 6.10. The van der Waals surface area contributed by atoms with Gasteiger partial charge >= 0.3 is 0 Å². The van der Waals surface area contributed by atoms with E-state index in [1.54, 1.807) is 47.3 Å². The fourth-order valence-electron chi connectivity index (χ4n) is 3.17. The molecule has 1 aliphatic rings. The van der Waals surface area contributed by atoms with Gasteiger partial charge < -0.3 is 9.88 Å². The van der Waals surface area contributed by atoms with Gasteiger partial charge in [0.25, 0.3) is 5.91 Å². The Morgan fingerprint density at radius 3 is 2.64 bits per heavy atom. The molecule has 1 N–H and O–H groups in total. The van der Waals surface area contributed by atoms with Crippen LogP contribution in [0.15, 0.2) is 67.8 Å². The SMILES string of the molecule is C=C1c2ccccc2C(=O)N1CC(=O)NCc1ccc(-n2ccnc2)c(F)c1. The van der Waals surface area contributed by atoms with Crippen molar-refractivity contribution in [3.05, 3.63) is 90.3 Å². The summed E-state index contributed by atoms with van der Waals surface area (Å²) < 4.78 is 15.9. The summed E-state index contributed by atoms with van der Waals surface area (Å²) in [6.45, 7) is 3.93. The number of carbonyl (C=O) groups excluding carboxylic acids is 2. The van der Waals surface area contributed by atoms with E-state index in [4.69, 9.17) is 0 Å². The van der Waals surface area contributed by atoms with Crippen LogP contribution in [0.5, 0.6) is 0 Å². The predicted molar refractivity (Wildman–Crippen MR) is 102 cm³/mol. The average Bonchev–Trinajstić information content (AvgIpc) is 3.31. The lowest BCUT2D eigenvalue weighted by Gasteiger charge is -2.17. The predicted octanol–water partition coefficient (Wildman–Crippen LogP) is 2.75. The lowest BCUT2D eigenvalue weighted by atomic mass is 10.1. The topological polar surface area (TPSA) is 67.2 Å². The van der Waals surface area contributed by atoms with Gasteiger partial charge in [0.05, 0.1) is 12.0 Å². The maximum Gasteiger partial charge on any atom is 0.259 e. The maximum absolute atomic E-state index is 14.3. The molecule has 2 amide bonds. The van der Waals surface area contributed by atoms with Gasteiger partial charge in [-0.2, -0.15) is 0 Å². The monoisotopic (exact) mass is 376 g/mol. The zero-order valence-electron chi connectivity index (χ0n) is 14.9. The minimum absolute atomic E-state index is 0.137. The van der Waals surface area contributed by atoms with Gasteiger partial charge in [0.15, 0.2) is 0 Å². The number of hydrogen-bond donors (Lipinski definition) is 1. The van der Waals surface area contributed by atoms with Crippen LogP contribution in [0.25, 0.3) is 11.4 Å². The number of nitrogens with zero attached hydrogens (tertiary/aromatic N) is 3. The maximum atomic E-state index is 14.3. The molecule has 28 heavy (non-hydrogen) atoms. The summed E-state index contributed by atoms with van der Waals surface area (Å²) in [6.07, 6.45) is 4.73. The number of nitrogens with one attached hydrogen (secondary N) is 1. The fourth-order valence-corrected chi connectivity index (χ4v) is 3.17. The Bertz CT molecular complexity index is 1040. The standard InChI is InChI=1S/C21H17FN4O2/c1-14-16-4-2-3-5-17(16)21(28)26(14)12-20(27)24-11-15-6-7-19(18(22)10-15)25-9-8-23-13-25/h2-10,13H,1,11-12H2,(H,24,27). The molecule has 2 heterocycles. The summed E-state index contributed by atoms with van der Waals surface area (Å²) >= 11 is 0. The van der Waals surface area contributed by atoms with Gasteiger partial charge in [0.2, 0.25) is 5.91 Å². The zero-order valence-corrected chi connectivity index (χ0v) is 14.9. The Morgan fingerprint density at radius 1 is 1.18 bits per heavy atom. The van der Waals surface area contributed by atoms with E-state index in [1.807, 2.05) is 6.07 Å². The van der Waals surface area contributed by atoms with Crippen molar-refractivity contribution in [2.45, 2.75) is 6.54 Å². The van der Waals surface area contributed by atoms with Gasteiger partial charge in [0, 0.05) is 35.8 Å². The minimum atomic E-state index is -0.414. The number of aromatic nitrogens is 2. The lowest BCUT2D eigenvalue weighted by molar-refractivity contribution is -0.121. The largest absolute Gasteiger partial charge is 0.350 e. The Hall–Kier alpha value is -3.74. The first-order chi connectivity index (χ1) is 13.5. The van der Waals surface area contributed by atoms with E-state index in [9.17, 15) is 14.0 Å². The Kier molecular flexibility index (Phi) is 4.49.